The molecule has 3 nitrogen and oxygen atoms in total. The Morgan fingerprint density at radius 1 is 1.43 bits per heavy atom. The Morgan fingerprint density at radius 2 is 2.21 bits per heavy atom. The third kappa shape index (κ3) is 1.30. The van der Waals surface area contributed by atoms with Gasteiger partial charge in [0.1, 0.15) is 0 Å². The number of rotatable bonds is 1. The summed E-state index contributed by atoms with van der Waals surface area (Å²) in [6.07, 6.45) is 0. The van der Waals surface area contributed by atoms with Gasteiger partial charge in [0.25, 0.3) is 5.91 Å². The van der Waals surface area contributed by atoms with Crippen molar-refractivity contribution in [2.75, 3.05) is 7.05 Å². The van der Waals surface area contributed by atoms with E-state index in [0.29, 0.717) is 13.2 Å². The molecule has 0 aliphatic carbocycles. The molecule has 1 amide bonds. The lowest BCUT2D eigenvalue weighted by atomic mass is 9.98. The smallest absolute Gasteiger partial charge is 0.251 e. The van der Waals surface area contributed by atoms with E-state index in [1.807, 2.05) is 19.1 Å². The van der Waals surface area contributed by atoms with Crippen LogP contribution in [0.1, 0.15) is 27.0 Å². The van der Waals surface area contributed by atoms with Crippen LogP contribution in [0.3, 0.4) is 0 Å². The maximum Gasteiger partial charge on any atom is 0.251 e. The molecule has 14 heavy (non-hydrogen) atoms. The molecule has 0 saturated heterocycles. The molecule has 1 N–H and O–H groups in total. The van der Waals surface area contributed by atoms with Crippen LogP contribution in [0.4, 0.5) is 0 Å². The molecule has 1 aromatic rings. The number of amides is 1. The molecule has 2 rings (SSSR count). The Labute approximate surface area is 83.1 Å². The Bertz CT molecular complexity index is 385. The molecule has 0 saturated carbocycles. The quantitative estimate of drug-likeness (QED) is 0.728. The van der Waals surface area contributed by atoms with Crippen LogP contribution in [0, 0.1) is 6.92 Å². The minimum Gasteiger partial charge on any atom is -0.372 e. The summed E-state index contributed by atoms with van der Waals surface area (Å²) < 4.78 is 5.33. The third-order valence-electron chi connectivity index (χ3n) is 2.67. The summed E-state index contributed by atoms with van der Waals surface area (Å²) in [6.45, 7) is 3.27. The van der Waals surface area contributed by atoms with Gasteiger partial charge in [-0.2, -0.15) is 0 Å². The molecule has 74 valence electrons. The molecule has 3 heteroatoms. The van der Waals surface area contributed by atoms with Crippen LogP contribution in [0.25, 0.3) is 0 Å². The first-order valence-electron chi connectivity index (χ1n) is 4.65. The van der Waals surface area contributed by atoms with Gasteiger partial charge in [0.05, 0.1) is 13.2 Å². The highest BCUT2D eigenvalue weighted by Gasteiger charge is 2.17. The molecule has 0 unspecified atom stereocenters. The standard InChI is InChI=1S/C11H13NO2/c1-7-9(11(13)12-2)4-3-8-5-14-6-10(7)8/h3-4H,5-6H2,1-2H3,(H,12,13). The van der Waals surface area contributed by atoms with Crippen molar-refractivity contribution >= 4 is 5.91 Å². The second-order valence-corrected chi connectivity index (χ2v) is 3.45. The zero-order valence-electron chi connectivity index (χ0n) is 8.39. The van der Waals surface area contributed by atoms with Gasteiger partial charge in [0.2, 0.25) is 0 Å². The zero-order valence-corrected chi connectivity index (χ0v) is 8.39. The normalized spacial score (nSPS) is 13.9. The molecule has 1 aliphatic rings. The SMILES string of the molecule is CNC(=O)c1ccc2c(c1C)COC2. The van der Waals surface area contributed by atoms with Crippen LogP contribution in [-0.2, 0) is 18.0 Å². The Balaban J connectivity index is 2.50. The van der Waals surface area contributed by atoms with E-state index in [9.17, 15) is 4.79 Å². The van der Waals surface area contributed by atoms with Gasteiger partial charge in [-0.1, -0.05) is 6.07 Å². The fourth-order valence-electron chi connectivity index (χ4n) is 1.79. The number of hydrogen-bond donors (Lipinski definition) is 1. The van der Waals surface area contributed by atoms with Crippen molar-refractivity contribution < 1.29 is 9.53 Å². The number of benzene rings is 1. The van der Waals surface area contributed by atoms with Crippen LogP contribution >= 0.6 is 0 Å². The lowest BCUT2D eigenvalue weighted by molar-refractivity contribution is 0.0962. The molecule has 0 fully saturated rings. The first kappa shape index (κ1) is 9.21. The van der Waals surface area contributed by atoms with E-state index in [2.05, 4.69) is 5.32 Å². The molecule has 0 aromatic heterocycles. The van der Waals surface area contributed by atoms with E-state index in [-0.39, 0.29) is 5.91 Å². The number of ether oxygens (including phenoxy) is 1. The van der Waals surface area contributed by atoms with E-state index in [1.54, 1.807) is 7.05 Å². The molecule has 0 bridgehead atoms. The average molecular weight is 191 g/mol. The highest BCUT2D eigenvalue weighted by Crippen LogP contribution is 2.25. The van der Waals surface area contributed by atoms with Gasteiger partial charge >= 0.3 is 0 Å². The molecule has 1 aromatic carbocycles. The fourth-order valence-corrected chi connectivity index (χ4v) is 1.79. The van der Waals surface area contributed by atoms with Gasteiger partial charge in [-0.05, 0) is 29.7 Å². The summed E-state index contributed by atoms with van der Waals surface area (Å²) in [6, 6.07) is 3.83. The number of nitrogens with one attached hydrogen (secondary N) is 1. The lowest BCUT2D eigenvalue weighted by Gasteiger charge is -2.08. The minimum atomic E-state index is -0.0304. The average Bonchev–Trinajstić information content (AvgIpc) is 2.66. The van der Waals surface area contributed by atoms with Gasteiger partial charge in [0, 0.05) is 12.6 Å². The van der Waals surface area contributed by atoms with Gasteiger partial charge < -0.3 is 10.1 Å². The zero-order chi connectivity index (χ0) is 10.1. The van der Waals surface area contributed by atoms with Crippen molar-refractivity contribution in [3.63, 3.8) is 0 Å². The molecular formula is C11H13NO2. The second-order valence-electron chi connectivity index (χ2n) is 3.45. The maximum absolute atomic E-state index is 11.5. The monoisotopic (exact) mass is 191 g/mol. The summed E-state index contributed by atoms with van der Waals surface area (Å²) in [4.78, 5) is 11.5. The summed E-state index contributed by atoms with van der Waals surface area (Å²) in [5, 5.41) is 2.63. The van der Waals surface area contributed by atoms with E-state index >= 15 is 0 Å². The predicted molar refractivity (Wildman–Crippen MR) is 53.1 cm³/mol. The minimum absolute atomic E-state index is 0.0304. The van der Waals surface area contributed by atoms with Gasteiger partial charge in [-0.15, -0.1) is 0 Å². The lowest BCUT2D eigenvalue weighted by Crippen LogP contribution is -2.19. The van der Waals surface area contributed by atoms with E-state index in [1.165, 1.54) is 11.1 Å². The number of fused-ring (bicyclic) bond motifs is 1. The topological polar surface area (TPSA) is 38.3 Å². The highest BCUT2D eigenvalue weighted by molar-refractivity contribution is 5.95. The Hall–Kier alpha value is -1.35. The molecule has 1 aliphatic heterocycles. The highest BCUT2D eigenvalue weighted by atomic mass is 16.5. The van der Waals surface area contributed by atoms with Gasteiger partial charge in [-0.25, -0.2) is 0 Å². The van der Waals surface area contributed by atoms with Crippen molar-refractivity contribution in [1.29, 1.82) is 0 Å². The van der Waals surface area contributed by atoms with Crippen molar-refractivity contribution in [2.45, 2.75) is 20.1 Å². The van der Waals surface area contributed by atoms with Crippen molar-refractivity contribution in [1.82, 2.24) is 5.32 Å². The Kier molecular flexibility index (Phi) is 2.25. The summed E-state index contributed by atoms with van der Waals surface area (Å²) in [5.41, 5.74) is 4.16. The fraction of sp³-hybridized carbons (Fsp3) is 0.364. The predicted octanol–water partition coefficient (Wildman–Crippen LogP) is 1.38. The van der Waals surface area contributed by atoms with Crippen molar-refractivity contribution in [2.24, 2.45) is 0 Å². The van der Waals surface area contributed by atoms with Gasteiger partial charge in [0.15, 0.2) is 0 Å². The molecule has 0 radical (unpaired) electrons. The van der Waals surface area contributed by atoms with Gasteiger partial charge in [-0.3, -0.25) is 4.79 Å². The van der Waals surface area contributed by atoms with Crippen LogP contribution in [0.15, 0.2) is 12.1 Å². The summed E-state index contributed by atoms with van der Waals surface area (Å²) in [5.74, 6) is -0.0304. The summed E-state index contributed by atoms with van der Waals surface area (Å²) >= 11 is 0. The van der Waals surface area contributed by atoms with E-state index < -0.39 is 0 Å². The largest absolute Gasteiger partial charge is 0.372 e. The van der Waals surface area contributed by atoms with E-state index in [0.717, 1.165) is 11.1 Å². The van der Waals surface area contributed by atoms with Crippen molar-refractivity contribution in [3.8, 4) is 0 Å². The molecular weight excluding hydrogens is 178 g/mol. The van der Waals surface area contributed by atoms with Crippen LogP contribution in [0.2, 0.25) is 0 Å². The molecule has 1 heterocycles. The number of carbonyl (C=O) groups excluding carboxylic acids is 1. The van der Waals surface area contributed by atoms with E-state index in [4.69, 9.17) is 4.74 Å². The first-order chi connectivity index (χ1) is 6.74. The second kappa shape index (κ2) is 3.42. The first-order valence-corrected chi connectivity index (χ1v) is 4.65. The Morgan fingerprint density at radius 3 is 2.93 bits per heavy atom. The molecule has 0 spiro atoms. The third-order valence-corrected chi connectivity index (χ3v) is 2.67. The summed E-state index contributed by atoms with van der Waals surface area (Å²) in [7, 11) is 1.64. The van der Waals surface area contributed by atoms with Crippen molar-refractivity contribution in [3.05, 3.63) is 34.4 Å². The number of hydrogen-bond acceptors (Lipinski definition) is 2. The van der Waals surface area contributed by atoms with Crippen LogP contribution in [0.5, 0.6) is 0 Å². The van der Waals surface area contributed by atoms with Crippen LogP contribution in [-0.4, -0.2) is 13.0 Å². The maximum atomic E-state index is 11.5. The van der Waals surface area contributed by atoms with Crippen LogP contribution < -0.4 is 5.32 Å². The molecule has 0 atom stereocenters. The number of carbonyl (C=O) groups is 1.